The molecule has 1 amide bonds. The monoisotopic (exact) mass is 275 g/mol. The maximum Gasteiger partial charge on any atom is 0.220 e. The van der Waals surface area contributed by atoms with Crippen LogP contribution in [-0.2, 0) is 17.6 Å². The Balaban J connectivity index is 1.59. The molecule has 0 aliphatic rings. The number of H-pyrrole nitrogens is 1. The number of nitrogens with one attached hydrogen (secondary N) is 2. The summed E-state index contributed by atoms with van der Waals surface area (Å²) >= 11 is 0. The minimum atomic E-state index is -0.254. The number of aryl methyl sites for hydroxylation is 2. The number of imidazole rings is 1. The molecule has 0 unspecified atom stereocenters. The van der Waals surface area contributed by atoms with Crippen molar-refractivity contribution in [2.24, 2.45) is 0 Å². The molecular weight excluding hydrogens is 257 g/mol. The second-order valence-corrected chi connectivity index (χ2v) is 4.62. The third kappa shape index (κ3) is 4.84. The van der Waals surface area contributed by atoms with Crippen LogP contribution in [0.5, 0.6) is 0 Å². The predicted octanol–water partition coefficient (Wildman–Crippen LogP) is 2.23. The van der Waals surface area contributed by atoms with Crippen LogP contribution in [0.1, 0.15) is 24.2 Å². The first-order chi connectivity index (χ1) is 9.74. The SMILES string of the molecule is O=C(CCc1ccc(F)cc1)NCCCc1ncc[nH]1. The second-order valence-electron chi connectivity index (χ2n) is 4.62. The fraction of sp³-hybridized carbons (Fsp3) is 0.333. The molecule has 1 aromatic carbocycles. The third-order valence-electron chi connectivity index (χ3n) is 3.02. The average molecular weight is 275 g/mol. The van der Waals surface area contributed by atoms with Gasteiger partial charge in [0.25, 0.3) is 0 Å². The van der Waals surface area contributed by atoms with E-state index in [0.29, 0.717) is 19.4 Å². The molecule has 1 aromatic heterocycles. The van der Waals surface area contributed by atoms with Crippen molar-refractivity contribution in [3.63, 3.8) is 0 Å². The van der Waals surface area contributed by atoms with Crippen molar-refractivity contribution in [1.29, 1.82) is 0 Å². The Kier molecular flexibility index (Phi) is 5.29. The molecule has 1 heterocycles. The Hall–Kier alpha value is -2.17. The lowest BCUT2D eigenvalue weighted by atomic mass is 10.1. The molecule has 0 bridgehead atoms. The molecule has 0 spiro atoms. The summed E-state index contributed by atoms with van der Waals surface area (Å²) in [5, 5.41) is 2.87. The number of hydrogen-bond acceptors (Lipinski definition) is 2. The largest absolute Gasteiger partial charge is 0.356 e. The van der Waals surface area contributed by atoms with Gasteiger partial charge >= 0.3 is 0 Å². The van der Waals surface area contributed by atoms with Crippen LogP contribution < -0.4 is 5.32 Å². The Morgan fingerprint density at radius 2 is 2.05 bits per heavy atom. The molecular formula is C15H18FN3O. The lowest BCUT2D eigenvalue weighted by Crippen LogP contribution is -2.25. The van der Waals surface area contributed by atoms with Gasteiger partial charge < -0.3 is 10.3 Å². The van der Waals surface area contributed by atoms with Gasteiger partial charge in [0.15, 0.2) is 0 Å². The summed E-state index contributed by atoms with van der Waals surface area (Å²) in [6.07, 6.45) is 6.24. The van der Waals surface area contributed by atoms with E-state index < -0.39 is 0 Å². The van der Waals surface area contributed by atoms with E-state index >= 15 is 0 Å². The maximum atomic E-state index is 12.7. The minimum absolute atomic E-state index is 0.0220. The lowest BCUT2D eigenvalue weighted by Gasteiger charge is -2.05. The highest BCUT2D eigenvalue weighted by atomic mass is 19.1. The number of amides is 1. The molecule has 5 heteroatoms. The van der Waals surface area contributed by atoms with E-state index in [1.807, 2.05) is 0 Å². The van der Waals surface area contributed by atoms with Gasteiger partial charge in [0, 0.05) is 31.8 Å². The first-order valence-electron chi connectivity index (χ1n) is 6.73. The fourth-order valence-corrected chi connectivity index (χ4v) is 1.92. The predicted molar refractivity (Wildman–Crippen MR) is 74.6 cm³/mol. The van der Waals surface area contributed by atoms with E-state index in [1.165, 1.54) is 12.1 Å². The van der Waals surface area contributed by atoms with Gasteiger partial charge in [-0.3, -0.25) is 4.79 Å². The molecule has 2 N–H and O–H groups in total. The van der Waals surface area contributed by atoms with Gasteiger partial charge in [-0.1, -0.05) is 12.1 Å². The molecule has 106 valence electrons. The fourth-order valence-electron chi connectivity index (χ4n) is 1.92. The number of carbonyl (C=O) groups is 1. The zero-order valence-corrected chi connectivity index (χ0v) is 11.2. The zero-order valence-electron chi connectivity index (χ0n) is 11.2. The standard InChI is InChI=1S/C15H18FN3O/c16-13-6-3-12(4-7-13)5-8-15(20)19-9-1-2-14-17-10-11-18-14/h3-4,6-7,10-11H,1-2,5,8-9H2,(H,17,18)(H,19,20). The van der Waals surface area contributed by atoms with Crippen LogP contribution in [0.2, 0.25) is 0 Å². The van der Waals surface area contributed by atoms with Crippen LogP contribution in [-0.4, -0.2) is 22.4 Å². The number of halogens is 1. The first-order valence-corrected chi connectivity index (χ1v) is 6.73. The number of aromatic nitrogens is 2. The van der Waals surface area contributed by atoms with Crippen molar-refractivity contribution in [3.05, 3.63) is 53.9 Å². The smallest absolute Gasteiger partial charge is 0.220 e. The van der Waals surface area contributed by atoms with Crippen molar-refractivity contribution in [3.8, 4) is 0 Å². The molecule has 0 fully saturated rings. The third-order valence-corrected chi connectivity index (χ3v) is 3.02. The van der Waals surface area contributed by atoms with E-state index in [2.05, 4.69) is 15.3 Å². The molecule has 0 saturated carbocycles. The van der Waals surface area contributed by atoms with Crippen LogP contribution >= 0.6 is 0 Å². The Morgan fingerprint density at radius 1 is 1.25 bits per heavy atom. The summed E-state index contributed by atoms with van der Waals surface area (Å²) < 4.78 is 12.7. The van der Waals surface area contributed by atoms with Crippen molar-refractivity contribution in [2.75, 3.05) is 6.54 Å². The van der Waals surface area contributed by atoms with Gasteiger partial charge in [-0.25, -0.2) is 9.37 Å². The Labute approximate surface area is 117 Å². The molecule has 0 saturated heterocycles. The number of hydrogen-bond donors (Lipinski definition) is 2. The highest BCUT2D eigenvalue weighted by Gasteiger charge is 2.02. The van der Waals surface area contributed by atoms with Crippen molar-refractivity contribution < 1.29 is 9.18 Å². The number of aromatic amines is 1. The summed E-state index contributed by atoms with van der Waals surface area (Å²) in [5.41, 5.74) is 0.970. The number of rotatable bonds is 7. The van der Waals surface area contributed by atoms with Crippen LogP contribution in [0.15, 0.2) is 36.7 Å². The topological polar surface area (TPSA) is 57.8 Å². The summed E-state index contributed by atoms with van der Waals surface area (Å²) in [4.78, 5) is 18.8. The molecule has 0 radical (unpaired) electrons. The van der Waals surface area contributed by atoms with Gasteiger partial charge in [-0.15, -0.1) is 0 Å². The maximum absolute atomic E-state index is 12.7. The summed E-state index contributed by atoms with van der Waals surface area (Å²) in [6.45, 7) is 0.642. The first kappa shape index (κ1) is 14.2. The number of carbonyl (C=O) groups excluding carboxylic acids is 1. The summed E-state index contributed by atoms with van der Waals surface area (Å²) in [5.74, 6) is 0.704. The molecule has 0 aliphatic heterocycles. The highest BCUT2D eigenvalue weighted by molar-refractivity contribution is 5.76. The van der Waals surface area contributed by atoms with Gasteiger partial charge in [-0.05, 0) is 30.5 Å². The normalized spacial score (nSPS) is 10.4. The Morgan fingerprint density at radius 3 is 2.75 bits per heavy atom. The minimum Gasteiger partial charge on any atom is -0.356 e. The second kappa shape index (κ2) is 7.43. The zero-order chi connectivity index (χ0) is 14.2. The van der Waals surface area contributed by atoms with Crippen molar-refractivity contribution in [1.82, 2.24) is 15.3 Å². The van der Waals surface area contributed by atoms with Crippen LogP contribution in [0.4, 0.5) is 4.39 Å². The highest BCUT2D eigenvalue weighted by Crippen LogP contribution is 2.05. The van der Waals surface area contributed by atoms with Gasteiger partial charge in [-0.2, -0.15) is 0 Å². The summed E-state index contributed by atoms with van der Waals surface area (Å²) in [6, 6.07) is 6.24. The van der Waals surface area contributed by atoms with E-state index in [0.717, 1.165) is 24.2 Å². The van der Waals surface area contributed by atoms with Crippen molar-refractivity contribution >= 4 is 5.91 Å². The van der Waals surface area contributed by atoms with E-state index in [1.54, 1.807) is 24.5 Å². The molecule has 2 aromatic rings. The molecule has 2 rings (SSSR count). The van der Waals surface area contributed by atoms with Gasteiger partial charge in [0.05, 0.1) is 0 Å². The van der Waals surface area contributed by atoms with Crippen LogP contribution in [0, 0.1) is 5.82 Å². The molecule has 0 aliphatic carbocycles. The molecule has 0 atom stereocenters. The number of nitrogens with zero attached hydrogens (tertiary/aromatic N) is 1. The summed E-state index contributed by atoms with van der Waals surface area (Å²) in [7, 11) is 0. The molecule has 4 nitrogen and oxygen atoms in total. The van der Waals surface area contributed by atoms with E-state index in [-0.39, 0.29) is 11.7 Å². The van der Waals surface area contributed by atoms with E-state index in [4.69, 9.17) is 0 Å². The van der Waals surface area contributed by atoms with Gasteiger partial charge in [0.2, 0.25) is 5.91 Å². The van der Waals surface area contributed by atoms with Crippen LogP contribution in [0.3, 0.4) is 0 Å². The Bertz CT molecular complexity index is 523. The van der Waals surface area contributed by atoms with E-state index in [9.17, 15) is 9.18 Å². The average Bonchev–Trinajstić information content (AvgIpc) is 2.96. The van der Waals surface area contributed by atoms with Crippen LogP contribution in [0.25, 0.3) is 0 Å². The quantitative estimate of drug-likeness (QED) is 0.761. The van der Waals surface area contributed by atoms with Crippen molar-refractivity contribution in [2.45, 2.75) is 25.7 Å². The number of benzene rings is 1. The van der Waals surface area contributed by atoms with Gasteiger partial charge in [0.1, 0.15) is 11.6 Å². The molecule has 20 heavy (non-hydrogen) atoms. The lowest BCUT2D eigenvalue weighted by molar-refractivity contribution is -0.121.